The van der Waals surface area contributed by atoms with Crippen molar-refractivity contribution in [1.82, 2.24) is 0 Å². The first-order valence-corrected chi connectivity index (χ1v) is 8.64. The second-order valence-corrected chi connectivity index (χ2v) is 6.02. The highest BCUT2D eigenvalue weighted by Gasteiger charge is 2.09. The van der Waals surface area contributed by atoms with E-state index in [1.807, 2.05) is 17.3 Å². The third-order valence-corrected chi connectivity index (χ3v) is 4.01. The number of isothiocyanates is 1. The van der Waals surface area contributed by atoms with Crippen LogP contribution in [0.25, 0.3) is 0 Å². The standard InChI is InChI=1S/C21H19F2NS/c1-3-4-5-6-18-10-9-16(11-15(18)2)7-8-17-12-19(22)21(24-14-25)20(23)13-17/h9-13H,3-6H2,1-2H3. The molecule has 1 nitrogen and oxygen atoms in total. The summed E-state index contributed by atoms with van der Waals surface area (Å²) in [6.07, 6.45) is 4.66. The molecule has 2 rings (SSSR count). The number of nitrogens with zero attached hydrogens (tertiary/aromatic N) is 1. The summed E-state index contributed by atoms with van der Waals surface area (Å²) >= 11 is 4.38. The predicted molar refractivity (Wildman–Crippen MR) is 101 cm³/mol. The molecule has 0 amide bonds. The van der Waals surface area contributed by atoms with E-state index >= 15 is 0 Å². The van der Waals surface area contributed by atoms with Crippen molar-refractivity contribution in [3.8, 4) is 11.8 Å². The van der Waals surface area contributed by atoms with Gasteiger partial charge in [-0.05, 0) is 67.4 Å². The molecular weight excluding hydrogens is 336 g/mol. The smallest absolute Gasteiger partial charge is 0.153 e. The topological polar surface area (TPSA) is 12.4 Å². The molecule has 0 radical (unpaired) electrons. The van der Waals surface area contributed by atoms with E-state index in [1.54, 1.807) is 0 Å². The summed E-state index contributed by atoms with van der Waals surface area (Å²) < 4.78 is 27.6. The van der Waals surface area contributed by atoms with Crippen molar-refractivity contribution in [1.29, 1.82) is 0 Å². The summed E-state index contributed by atoms with van der Waals surface area (Å²) in [6.45, 7) is 4.25. The molecule has 0 aliphatic rings. The number of aryl methyl sites for hydroxylation is 2. The van der Waals surface area contributed by atoms with Gasteiger partial charge < -0.3 is 0 Å². The Balaban J connectivity index is 2.21. The lowest BCUT2D eigenvalue weighted by Crippen LogP contribution is -1.91. The van der Waals surface area contributed by atoms with Gasteiger partial charge in [0, 0.05) is 11.1 Å². The lowest BCUT2D eigenvalue weighted by Gasteiger charge is -2.05. The second-order valence-electron chi connectivity index (χ2n) is 5.84. The molecule has 0 saturated heterocycles. The molecule has 0 saturated carbocycles. The van der Waals surface area contributed by atoms with Crippen LogP contribution in [0.3, 0.4) is 0 Å². The zero-order valence-electron chi connectivity index (χ0n) is 14.3. The molecule has 128 valence electrons. The minimum atomic E-state index is -0.802. The number of hydrogen-bond acceptors (Lipinski definition) is 2. The van der Waals surface area contributed by atoms with E-state index < -0.39 is 17.3 Å². The van der Waals surface area contributed by atoms with Gasteiger partial charge in [-0.25, -0.2) is 8.78 Å². The molecular formula is C21H19F2NS. The van der Waals surface area contributed by atoms with E-state index in [9.17, 15) is 8.78 Å². The molecule has 0 atom stereocenters. The Morgan fingerprint density at radius 2 is 1.68 bits per heavy atom. The van der Waals surface area contributed by atoms with Gasteiger partial charge in [-0.2, -0.15) is 4.99 Å². The van der Waals surface area contributed by atoms with E-state index in [0.717, 1.165) is 24.1 Å². The maximum Gasteiger partial charge on any atom is 0.153 e. The highest BCUT2D eigenvalue weighted by molar-refractivity contribution is 7.78. The average molecular weight is 355 g/mol. The second kappa shape index (κ2) is 9.22. The maximum absolute atomic E-state index is 13.8. The monoisotopic (exact) mass is 355 g/mol. The van der Waals surface area contributed by atoms with Gasteiger partial charge in [0.15, 0.2) is 11.6 Å². The number of benzene rings is 2. The Labute approximate surface area is 152 Å². The molecule has 0 N–H and O–H groups in total. The molecule has 2 aromatic rings. The van der Waals surface area contributed by atoms with Crippen molar-refractivity contribution in [3.63, 3.8) is 0 Å². The Bertz CT molecular complexity index is 848. The first kappa shape index (κ1) is 19.0. The third-order valence-electron chi connectivity index (χ3n) is 3.92. The van der Waals surface area contributed by atoms with E-state index in [2.05, 4.69) is 49.0 Å². The fourth-order valence-corrected chi connectivity index (χ4v) is 2.65. The van der Waals surface area contributed by atoms with Crippen LogP contribution in [0, 0.1) is 30.4 Å². The van der Waals surface area contributed by atoms with Crippen LogP contribution in [0.1, 0.15) is 48.4 Å². The minimum absolute atomic E-state index is 0.253. The van der Waals surface area contributed by atoms with Crippen LogP contribution in [0.5, 0.6) is 0 Å². The number of halogens is 2. The maximum atomic E-state index is 13.8. The van der Waals surface area contributed by atoms with E-state index in [0.29, 0.717) is 0 Å². The summed E-state index contributed by atoms with van der Waals surface area (Å²) in [4.78, 5) is 3.38. The molecule has 2 aromatic carbocycles. The zero-order chi connectivity index (χ0) is 18.2. The van der Waals surface area contributed by atoms with Crippen LogP contribution >= 0.6 is 12.2 Å². The molecule has 25 heavy (non-hydrogen) atoms. The van der Waals surface area contributed by atoms with Gasteiger partial charge in [-0.15, -0.1) is 0 Å². The SMILES string of the molecule is CCCCCc1ccc(C#Cc2cc(F)c(N=C=S)c(F)c2)cc1C. The summed E-state index contributed by atoms with van der Waals surface area (Å²) in [6, 6.07) is 8.32. The predicted octanol–water partition coefficient (Wildman–Crippen LogP) is 6.14. The van der Waals surface area contributed by atoms with Crippen LogP contribution in [0.2, 0.25) is 0 Å². The summed E-state index contributed by atoms with van der Waals surface area (Å²) in [7, 11) is 0. The number of unbranched alkanes of at least 4 members (excludes halogenated alkanes) is 2. The van der Waals surface area contributed by atoms with Gasteiger partial charge in [0.2, 0.25) is 0 Å². The van der Waals surface area contributed by atoms with E-state index in [4.69, 9.17) is 0 Å². The van der Waals surface area contributed by atoms with Crippen molar-refractivity contribution in [2.75, 3.05) is 0 Å². The zero-order valence-corrected chi connectivity index (χ0v) is 15.1. The van der Waals surface area contributed by atoms with Gasteiger partial charge >= 0.3 is 0 Å². The van der Waals surface area contributed by atoms with Crippen LogP contribution in [-0.2, 0) is 6.42 Å². The first-order chi connectivity index (χ1) is 12.0. The van der Waals surface area contributed by atoms with E-state index in [-0.39, 0.29) is 5.56 Å². The van der Waals surface area contributed by atoms with Crippen molar-refractivity contribution in [2.24, 2.45) is 4.99 Å². The number of thiocarbonyl (C=S) groups is 1. The van der Waals surface area contributed by atoms with Gasteiger partial charge in [-0.1, -0.05) is 37.7 Å². The Kier molecular flexibility index (Phi) is 7.01. The van der Waals surface area contributed by atoms with Gasteiger partial charge in [0.1, 0.15) is 5.69 Å². The van der Waals surface area contributed by atoms with Crippen molar-refractivity contribution >= 4 is 23.1 Å². The molecule has 4 heteroatoms. The fourth-order valence-electron chi connectivity index (χ4n) is 2.55. The number of hydrogen-bond donors (Lipinski definition) is 0. The molecule has 0 unspecified atom stereocenters. The summed E-state index contributed by atoms with van der Waals surface area (Å²) in [5.41, 5.74) is 3.14. The lowest BCUT2D eigenvalue weighted by atomic mass is 10.00. The lowest BCUT2D eigenvalue weighted by molar-refractivity contribution is 0.587. The Hall–Kier alpha value is -2.34. The molecule has 0 aliphatic heterocycles. The highest BCUT2D eigenvalue weighted by Crippen LogP contribution is 2.23. The highest BCUT2D eigenvalue weighted by atomic mass is 32.1. The third kappa shape index (κ3) is 5.32. The molecule has 0 aliphatic carbocycles. The first-order valence-electron chi connectivity index (χ1n) is 8.23. The average Bonchev–Trinajstić information content (AvgIpc) is 2.58. The summed E-state index contributed by atoms with van der Waals surface area (Å²) in [5, 5.41) is 1.96. The molecule has 0 fully saturated rings. The molecule has 0 heterocycles. The normalized spacial score (nSPS) is 9.92. The van der Waals surface area contributed by atoms with Crippen LogP contribution < -0.4 is 0 Å². The largest absolute Gasteiger partial charge is 0.204 e. The molecule has 0 bridgehead atoms. The minimum Gasteiger partial charge on any atom is -0.204 e. The van der Waals surface area contributed by atoms with Gasteiger partial charge in [0.25, 0.3) is 0 Å². The molecule has 0 aromatic heterocycles. The van der Waals surface area contributed by atoms with Crippen molar-refractivity contribution < 1.29 is 8.78 Å². The van der Waals surface area contributed by atoms with Crippen molar-refractivity contribution in [2.45, 2.75) is 39.5 Å². The van der Waals surface area contributed by atoms with Crippen LogP contribution in [-0.4, -0.2) is 5.16 Å². The summed E-state index contributed by atoms with van der Waals surface area (Å²) in [5.74, 6) is 4.14. The molecule has 0 spiro atoms. The fraction of sp³-hybridized carbons (Fsp3) is 0.286. The van der Waals surface area contributed by atoms with Crippen molar-refractivity contribution in [3.05, 3.63) is 64.2 Å². The Morgan fingerprint density at radius 1 is 1.00 bits per heavy atom. The van der Waals surface area contributed by atoms with Gasteiger partial charge in [-0.3, -0.25) is 0 Å². The van der Waals surface area contributed by atoms with Gasteiger partial charge in [0.05, 0.1) is 5.16 Å². The quantitative estimate of drug-likeness (QED) is 0.272. The number of rotatable bonds is 5. The van der Waals surface area contributed by atoms with Crippen LogP contribution in [0.15, 0.2) is 35.3 Å². The van der Waals surface area contributed by atoms with E-state index in [1.165, 1.54) is 30.4 Å². The van der Waals surface area contributed by atoms with Crippen LogP contribution in [0.4, 0.5) is 14.5 Å². The number of aliphatic imine (C=N–C) groups is 1. The Morgan fingerprint density at radius 3 is 2.28 bits per heavy atom.